The molecule has 5 heteroatoms. The topological polar surface area (TPSA) is 53.4 Å². The molecule has 3 nitrogen and oxygen atoms in total. The first kappa shape index (κ1) is 12.2. The Morgan fingerprint density at radius 2 is 1.75 bits per heavy atom. The van der Waals surface area contributed by atoms with E-state index in [0.717, 1.165) is 26.6 Å². The lowest BCUT2D eigenvalue weighted by Crippen LogP contribution is -2.16. The van der Waals surface area contributed by atoms with Crippen molar-refractivity contribution >= 4 is 22.7 Å². The second-order valence-corrected chi connectivity index (χ2v) is 6.53. The molecular formula is C15H11NO2S2. The highest BCUT2D eigenvalue weighted by atomic mass is 32.1. The highest BCUT2D eigenvalue weighted by Gasteiger charge is 2.33. The molecule has 0 spiro atoms. The first-order valence-corrected chi connectivity index (χ1v) is 8.00. The highest BCUT2D eigenvalue weighted by molar-refractivity contribution is 7.15. The van der Waals surface area contributed by atoms with Crippen molar-refractivity contribution < 1.29 is 10.2 Å². The fraction of sp³-hybridized carbons (Fsp3) is 0.133. The summed E-state index contributed by atoms with van der Waals surface area (Å²) < 4.78 is 0. The minimum absolute atomic E-state index is 0.586. The zero-order valence-electron chi connectivity index (χ0n) is 10.4. The smallest absolute Gasteiger partial charge is 0.124 e. The summed E-state index contributed by atoms with van der Waals surface area (Å²) in [7, 11) is 0. The quantitative estimate of drug-likeness (QED) is 0.725. The second kappa shape index (κ2) is 4.49. The van der Waals surface area contributed by atoms with Crippen molar-refractivity contribution in [2.24, 2.45) is 0 Å². The minimum atomic E-state index is -0.756. The zero-order valence-corrected chi connectivity index (χ0v) is 12.0. The number of hydrogen-bond donors (Lipinski definition) is 2. The van der Waals surface area contributed by atoms with Gasteiger partial charge in [-0.1, -0.05) is 24.3 Å². The Morgan fingerprint density at radius 1 is 1.00 bits per heavy atom. The van der Waals surface area contributed by atoms with Gasteiger partial charge in [-0.15, -0.1) is 11.3 Å². The van der Waals surface area contributed by atoms with Crippen molar-refractivity contribution in [2.45, 2.75) is 12.2 Å². The van der Waals surface area contributed by atoms with E-state index in [2.05, 4.69) is 4.98 Å². The molecule has 1 aliphatic rings. The van der Waals surface area contributed by atoms with Crippen molar-refractivity contribution in [1.29, 1.82) is 0 Å². The van der Waals surface area contributed by atoms with Crippen LogP contribution in [0, 0.1) is 0 Å². The van der Waals surface area contributed by atoms with Crippen LogP contribution in [-0.4, -0.2) is 15.2 Å². The number of benzene rings is 1. The lowest BCUT2D eigenvalue weighted by atomic mass is 9.89. The molecule has 100 valence electrons. The van der Waals surface area contributed by atoms with Crippen LogP contribution in [0.1, 0.15) is 33.9 Å². The van der Waals surface area contributed by atoms with Crippen LogP contribution in [0.2, 0.25) is 0 Å². The molecule has 2 heterocycles. The van der Waals surface area contributed by atoms with E-state index in [1.54, 1.807) is 11.3 Å². The molecule has 1 aromatic carbocycles. The lowest BCUT2D eigenvalue weighted by Gasteiger charge is -2.24. The Balaban J connectivity index is 1.89. The van der Waals surface area contributed by atoms with Gasteiger partial charge in [0.1, 0.15) is 17.2 Å². The van der Waals surface area contributed by atoms with Crippen LogP contribution >= 0.6 is 22.7 Å². The Morgan fingerprint density at radius 3 is 2.45 bits per heavy atom. The summed E-state index contributed by atoms with van der Waals surface area (Å²) in [6, 6.07) is 9.44. The van der Waals surface area contributed by atoms with Gasteiger partial charge in [0, 0.05) is 10.9 Å². The monoisotopic (exact) mass is 301 g/mol. The molecule has 0 radical (unpaired) electrons. The van der Waals surface area contributed by atoms with Gasteiger partial charge in [-0.25, -0.2) is 4.98 Å². The predicted molar refractivity (Wildman–Crippen MR) is 80.0 cm³/mol. The Kier molecular flexibility index (Phi) is 2.75. The average Bonchev–Trinajstić information content (AvgIpc) is 3.13. The molecule has 0 aliphatic heterocycles. The Hall–Kier alpha value is -1.53. The van der Waals surface area contributed by atoms with Crippen molar-refractivity contribution in [1.82, 2.24) is 4.98 Å². The van der Waals surface area contributed by atoms with Gasteiger partial charge < -0.3 is 10.2 Å². The van der Waals surface area contributed by atoms with E-state index in [1.807, 2.05) is 41.1 Å². The number of aliphatic hydroxyl groups is 2. The van der Waals surface area contributed by atoms with Crippen LogP contribution < -0.4 is 0 Å². The zero-order chi connectivity index (χ0) is 13.7. The van der Waals surface area contributed by atoms with Gasteiger partial charge in [0.05, 0.1) is 10.6 Å². The first-order chi connectivity index (χ1) is 9.75. The molecule has 2 unspecified atom stereocenters. The fourth-order valence-corrected chi connectivity index (χ4v) is 4.36. The summed E-state index contributed by atoms with van der Waals surface area (Å²) in [6.45, 7) is 0. The molecule has 0 saturated heterocycles. The van der Waals surface area contributed by atoms with E-state index < -0.39 is 12.2 Å². The molecule has 2 N–H and O–H groups in total. The van der Waals surface area contributed by atoms with Crippen LogP contribution in [-0.2, 0) is 0 Å². The number of nitrogens with zero attached hydrogens (tertiary/aromatic N) is 1. The molecular weight excluding hydrogens is 290 g/mol. The maximum Gasteiger partial charge on any atom is 0.124 e. The molecule has 2 atom stereocenters. The Bertz CT molecular complexity index is 718. The van der Waals surface area contributed by atoms with Gasteiger partial charge in [-0.2, -0.15) is 11.3 Å². The summed E-state index contributed by atoms with van der Waals surface area (Å²) in [5.74, 6) is 0. The number of hydrogen-bond acceptors (Lipinski definition) is 5. The van der Waals surface area contributed by atoms with Gasteiger partial charge in [-0.05, 0) is 22.6 Å². The molecule has 0 amide bonds. The van der Waals surface area contributed by atoms with Gasteiger partial charge in [0.2, 0.25) is 0 Å². The van der Waals surface area contributed by atoms with Crippen molar-refractivity contribution in [3.8, 4) is 10.6 Å². The standard InChI is InChI=1S/C15H11NO2S2/c17-12-9-3-1-2-4-10(9)13(18)14-11(12)16-15(20-14)8-5-6-19-7-8/h1-7,12-13,17-18H. The van der Waals surface area contributed by atoms with Gasteiger partial charge in [0.25, 0.3) is 0 Å². The van der Waals surface area contributed by atoms with Crippen LogP contribution in [0.3, 0.4) is 0 Å². The fourth-order valence-electron chi connectivity index (χ4n) is 2.54. The highest BCUT2D eigenvalue weighted by Crippen LogP contribution is 2.45. The summed E-state index contributed by atoms with van der Waals surface area (Å²) in [5.41, 5.74) is 3.14. The first-order valence-electron chi connectivity index (χ1n) is 6.24. The van der Waals surface area contributed by atoms with E-state index in [4.69, 9.17) is 0 Å². The van der Waals surface area contributed by atoms with Crippen molar-refractivity contribution in [2.75, 3.05) is 0 Å². The lowest BCUT2D eigenvalue weighted by molar-refractivity contribution is 0.173. The van der Waals surface area contributed by atoms with E-state index in [9.17, 15) is 10.2 Å². The van der Waals surface area contributed by atoms with Crippen LogP contribution in [0.15, 0.2) is 41.1 Å². The maximum absolute atomic E-state index is 10.5. The maximum atomic E-state index is 10.5. The van der Waals surface area contributed by atoms with Gasteiger partial charge in [0.15, 0.2) is 0 Å². The summed E-state index contributed by atoms with van der Waals surface area (Å²) in [6.07, 6.45) is -1.46. The predicted octanol–water partition coefficient (Wildman–Crippen LogP) is 3.35. The largest absolute Gasteiger partial charge is 0.383 e. The molecule has 4 rings (SSSR count). The third-order valence-electron chi connectivity index (χ3n) is 3.54. The second-order valence-electron chi connectivity index (χ2n) is 4.71. The summed E-state index contributed by atoms with van der Waals surface area (Å²) in [5, 5.41) is 25.9. The van der Waals surface area contributed by atoms with Crippen LogP contribution in [0.4, 0.5) is 0 Å². The number of thiophene rings is 1. The number of aromatic nitrogens is 1. The molecule has 0 bridgehead atoms. The number of thiazole rings is 1. The van der Waals surface area contributed by atoms with E-state index in [0.29, 0.717) is 5.69 Å². The average molecular weight is 301 g/mol. The van der Waals surface area contributed by atoms with Crippen molar-refractivity contribution in [3.63, 3.8) is 0 Å². The van der Waals surface area contributed by atoms with E-state index in [1.165, 1.54) is 11.3 Å². The summed E-state index contributed by atoms with van der Waals surface area (Å²) in [4.78, 5) is 5.29. The van der Waals surface area contributed by atoms with Crippen LogP contribution in [0.25, 0.3) is 10.6 Å². The van der Waals surface area contributed by atoms with E-state index in [-0.39, 0.29) is 0 Å². The van der Waals surface area contributed by atoms with E-state index >= 15 is 0 Å². The molecule has 2 aromatic heterocycles. The normalized spacial score (nSPS) is 20.5. The van der Waals surface area contributed by atoms with Gasteiger partial charge in [-0.3, -0.25) is 0 Å². The van der Waals surface area contributed by atoms with Gasteiger partial charge >= 0.3 is 0 Å². The van der Waals surface area contributed by atoms with Crippen molar-refractivity contribution in [3.05, 3.63) is 62.8 Å². The Labute approximate surface area is 123 Å². The number of fused-ring (bicyclic) bond motifs is 2. The number of aliphatic hydroxyl groups excluding tert-OH is 2. The molecule has 20 heavy (non-hydrogen) atoms. The third kappa shape index (κ3) is 1.68. The minimum Gasteiger partial charge on any atom is -0.383 e. The molecule has 3 aromatic rings. The number of rotatable bonds is 1. The molecule has 0 saturated carbocycles. The third-order valence-corrected chi connectivity index (χ3v) is 5.40. The molecule has 0 fully saturated rings. The van der Waals surface area contributed by atoms with Crippen LogP contribution in [0.5, 0.6) is 0 Å². The SMILES string of the molecule is OC1c2ccccc2C(O)c2sc(-c3ccsc3)nc21. The summed E-state index contributed by atoms with van der Waals surface area (Å²) >= 11 is 3.07. The molecule has 1 aliphatic carbocycles.